The second-order valence-electron chi connectivity index (χ2n) is 8.99. The molecule has 5 nitrogen and oxygen atoms in total. The van der Waals surface area contributed by atoms with Crippen LogP contribution < -0.4 is 5.32 Å². The number of benzene rings is 1. The molecule has 1 atom stereocenters. The Bertz CT molecular complexity index is 1070. The van der Waals surface area contributed by atoms with E-state index in [1.807, 2.05) is 30.5 Å². The van der Waals surface area contributed by atoms with Gasteiger partial charge in [0.05, 0.1) is 24.2 Å². The van der Waals surface area contributed by atoms with Crippen LogP contribution in [0.1, 0.15) is 54.7 Å². The number of fused-ring (bicyclic) bond motifs is 1. The van der Waals surface area contributed by atoms with Crippen LogP contribution in [-0.4, -0.2) is 16.1 Å². The number of hydrogen-bond acceptors (Lipinski definition) is 5. The van der Waals surface area contributed by atoms with Gasteiger partial charge in [0, 0.05) is 43.7 Å². The molecule has 3 aromatic rings. The fourth-order valence-electron chi connectivity index (χ4n) is 4.89. The molecule has 1 aliphatic heterocycles. The zero-order valence-corrected chi connectivity index (χ0v) is 19.1. The molecule has 0 amide bonds. The molecule has 1 unspecified atom stereocenters. The third kappa shape index (κ3) is 5.60. The van der Waals surface area contributed by atoms with E-state index in [0.717, 1.165) is 50.5 Å². The van der Waals surface area contributed by atoms with Crippen LogP contribution in [0.3, 0.4) is 0 Å². The van der Waals surface area contributed by atoms with Crippen molar-refractivity contribution >= 4 is 6.21 Å². The first-order valence-corrected chi connectivity index (χ1v) is 12.1. The molecule has 0 fully saturated rings. The maximum absolute atomic E-state index is 5.71. The zero-order valence-electron chi connectivity index (χ0n) is 19.1. The van der Waals surface area contributed by atoms with Crippen molar-refractivity contribution in [2.75, 3.05) is 0 Å². The van der Waals surface area contributed by atoms with Crippen molar-refractivity contribution in [3.05, 3.63) is 101 Å². The fraction of sp³-hybridized carbons (Fsp3) is 0.357. The predicted molar refractivity (Wildman–Crippen MR) is 131 cm³/mol. The summed E-state index contributed by atoms with van der Waals surface area (Å²) in [5.74, 6) is 1.62. The molecular weight excluding hydrogens is 408 g/mol. The molecule has 170 valence electrons. The van der Waals surface area contributed by atoms with Crippen LogP contribution in [0.15, 0.2) is 87.9 Å². The van der Waals surface area contributed by atoms with E-state index in [1.54, 1.807) is 6.26 Å². The average molecular weight is 441 g/mol. The highest BCUT2D eigenvalue weighted by Gasteiger charge is 2.27. The van der Waals surface area contributed by atoms with Crippen molar-refractivity contribution < 1.29 is 4.42 Å². The first-order chi connectivity index (χ1) is 16.3. The van der Waals surface area contributed by atoms with Crippen LogP contribution in [-0.2, 0) is 26.2 Å². The zero-order chi connectivity index (χ0) is 22.3. The van der Waals surface area contributed by atoms with Gasteiger partial charge in [0.2, 0.25) is 0 Å². The Morgan fingerprint density at radius 1 is 0.939 bits per heavy atom. The largest absolute Gasteiger partial charge is 0.467 e. The molecule has 2 aromatic heterocycles. The van der Waals surface area contributed by atoms with E-state index in [0.29, 0.717) is 5.92 Å². The Labute approximate surface area is 196 Å². The first-order valence-electron chi connectivity index (χ1n) is 12.1. The number of nitrogens with zero attached hydrogens (tertiary/aromatic N) is 3. The number of hydrogen-bond donors (Lipinski definition) is 1. The minimum Gasteiger partial charge on any atom is -0.467 e. The van der Waals surface area contributed by atoms with Gasteiger partial charge >= 0.3 is 0 Å². The van der Waals surface area contributed by atoms with Crippen molar-refractivity contribution in [2.24, 2.45) is 10.9 Å². The lowest BCUT2D eigenvalue weighted by atomic mass is 9.85. The van der Waals surface area contributed by atoms with Gasteiger partial charge in [0.25, 0.3) is 0 Å². The van der Waals surface area contributed by atoms with E-state index in [4.69, 9.17) is 9.41 Å². The summed E-state index contributed by atoms with van der Waals surface area (Å²) in [6.07, 6.45) is 11.7. The predicted octanol–water partition coefficient (Wildman–Crippen LogP) is 5.84. The Morgan fingerprint density at radius 2 is 1.85 bits per heavy atom. The van der Waals surface area contributed by atoms with E-state index >= 15 is 0 Å². The number of rotatable bonds is 9. The van der Waals surface area contributed by atoms with Gasteiger partial charge in [-0.15, -0.1) is 0 Å². The van der Waals surface area contributed by atoms with Crippen LogP contribution in [0.5, 0.6) is 0 Å². The summed E-state index contributed by atoms with van der Waals surface area (Å²) in [4.78, 5) is 11.7. The SMILES string of the molecule is C1=NC2=C(N(Cc3ccc(CNCc4ccccn4)cc3)Cc3ccco3)CCCC2CC1. The first kappa shape index (κ1) is 21.7. The molecular formula is C28H32N4O. The van der Waals surface area contributed by atoms with Gasteiger partial charge in [-0.1, -0.05) is 30.3 Å². The topological polar surface area (TPSA) is 53.7 Å². The second kappa shape index (κ2) is 10.6. The number of allylic oxidation sites excluding steroid dienone is 2. The van der Waals surface area contributed by atoms with Crippen LogP contribution in [0.2, 0.25) is 0 Å². The lowest BCUT2D eigenvalue weighted by molar-refractivity contribution is 0.264. The molecule has 5 heteroatoms. The highest BCUT2D eigenvalue weighted by Crippen LogP contribution is 2.38. The van der Waals surface area contributed by atoms with E-state index in [9.17, 15) is 0 Å². The third-order valence-corrected chi connectivity index (χ3v) is 6.59. The minimum atomic E-state index is 0.616. The van der Waals surface area contributed by atoms with Crippen molar-refractivity contribution in [1.29, 1.82) is 0 Å². The lowest BCUT2D eigenvalue weighted by Crippen LogP contribution is -2.28. The van der Waals surface area contributed by atoms with E-state index < -0.39 is 0 Å². The Hall–Kier alpha value is -3.18. The summed E-state index contributed by atoms with van der Waals surface area (Å²) < 4.78 is 5.71. The molecule has 1 aliphatic carbocycles. The molecule has 2 aliphatic rings. The van der Waals surface area contributed by atoms with Gasteiger partial charge in [0.1, 0.15) is 5.76 Å². The standard InChI is InChI=1S/C28H32N4O/c1-2-15-30-25(8-1)19-29-18-22-11-13-23(14-12-22)20-32(21-26-9-5-17-33-26)27-10-3-6-24-7-4-16-31-28(24)27/h1-2,5,8-9,11-17,24,29H,3-4,6-7,10,18-21H2. The highest BCUT2D eigenvalue weighted by atomic mass is 16.3. The molecule has 33 heavy (non-hydrogen) atoms. The molecule has 0 saturated carbocycles. The molecule has 0 saturated heterocycles. The van der Waals surface area contributed by atoms with Crippen molar-refractivity contribution in [3.63, 3.8) is 0 Å². The summed E-state index contributed by atoms with van der Waals surface area (Å²) in [5, 5.41) is 3.48. The lowest BCUT2D eigenvalue weighted by Gasteiger charge is -2.35. The summed E-state index contributed by atoms with van der Waals surface area (Å²) in [5.41, 5.74) is 6.37. The van der Waals surface area contributed by atoms with Crippen molar-refractivity contribution in [3.8, 4) is 0 Å². The second-order valence-corrected chi connectivity index (χ2v) is 8.99. The van der Waals surface area contributed by atoms with Crippen molar-refractivity contribution in [2.45, 2.75) is 58.3 Å². The summed E-state index contributed by atoms with van der Waals surface area (Å²) in [7, 11) is 0. The van der Waals surface area contributed by atoms with Gasteiger partial charge in [-0.3, -0.25) is 9.98 Å². The van der Waals surface area contributed by atoms with Gasteiger partial charge in [0.15, 0.2) is 0 Å². The summed E-state index contributed by atoms with van der Waals surface area (Å²) in [6.45, 7) is 3.25. The van der Waals surface area contributed by atoms with E-state index in [1.165, 1.54) is 41.8 Å². The number of furan rings is 1. The van der Waals surface area contributed by atoms with Gasteiger partial charge < -0.3 is 14.6 Å². The number of aromatic nitrogens is 1. The average Bonchev–Trinajstić information content (AvgIpc) is 3.38. The van der Waals surface area contributed by atoms with Crippen LogP contribution in [0.25, 0.3) is 0 Å². The number of aliphatic imine (C=N–C) groups is 1. The van der Waals surface area contributed by atoms with E-state index in [-0.39, 0.29) is 0 Å². The third-order valence-electron chi connectivity index (χ3n) is 6.59. The van der Waals surface area contributed by atoms with Gasteiger partial charge in [-0.25, -0.2) is 0 Å². The summed E-state index contributed by atoms with van der Waals surface area (Å²) >= 11 is 0. The van der Waals surface area contributed by atoms with E-state index in [2.05, 4.69) is 51.7 Å². The molecule has 0 radical (unpaired) electrons. The smallest absolute Gasteiger partial charge is 0.123 e. The molecule has 5 rings (SSSR count). The Kier molecular flexibility index (Phi) is 6.97. The molecule has 3 heterocycles. The minimum absolute atomic E-state index is 0.616. The van der Waals surface area contributed by atoms with Crippen LogP contribution in [0.4, 0.5) is 0 Å². The highest BCUT2D eigenvalue weighted by molar-refractivity contribution is 5.61. The van der Waals surface area contributed by atoms with Crippen LogP contribution >= 0.6 is 0 Å². The molecule has 0 spiro atoms. The normalized spacial score (nSPS) is 17.8. The molecule has 0 bridgehead atoms. The van der Waals surface area contributed by atoms with Gasteiger partial charge in [-0.2, -0.15) is 0 Å². The summed E-state index contributed by atoms with van der Waals surface area (Å²) in [6, 6.07) is 19.0. The molecule has 1 N–H and O–H groups in total. The number of nitrogens with one attached hydrogen (secondary N) is 1. The quantitative estimate of drug-likeness (QED) is 0.454. The molecule has 1 aromatic carbocycles. The number of pyridine rings is 1. The Balaban J connectivity index is 1.28. The maximum Gasteiger partial charge on any atom is 0.123 e. The monoisotopic (exact) mass is 440 g/mol. The Morgan fingerprint density at radius 3 is 2.67 bits per heavy atom. The van der Waals surface area contributed by atoms with Crippen LogP contribution in [0, 0.1) is 5.92 Å². The maximum atomic E-state index is 5.71. The van der Waals surface area contributed by atoms with Gasteiger partial charge in [-0.05, 0) is 67.5 Å². The van der Waals surface area contributed by atoms with Crippen molar-refractivity contribution in [1.82, 2.24) is 15.2 Å². The fourth-order valence-corrected chi connectivity index (χ4v) is 4.89.